The molecular formula is C18H17ClN2O6S. The van der Waals surface area contributed by atoms with Gasteiger partial charge < -0.3 is 14.8 Å². The molecule has 0 saturated heterocycles. The van der Waals surface area contributed by atoms with Gasteiger partial charge >= 0.3 is 5.97 Å². The van der Waals surface area contributed by atoms with Crippen LogP contribution >= 0.6 is 11.6 Å². The molecule has 1 aliphatic heterocycles. The second kappa shape index (κ2) is 7.78. The molecule has 8 nitrogen and oxygen atoms in total. The normalized spacial score (nSPS) is 16.6. The van der Waals surface area contributed by atoms with Crippen LogP contribution in [0.1, 0.15) is 12.5 Å². The van der Waals surface area contributed by atoms with Crippen LogP contribution in [0.3, 0.4) is 0 Å². The van der Waals surface area contributed by atoms with Crippen molar-refractivity contribution in [2.24, 2.45) is 5.14 Å². The van der Waals surface area contributed by atoms with Gasteiger partial charge in [-0.05, 0) is 55.0 Å². The lowest BCUT2D eigenvalue weighted by Gasteiger charge is -2.16. The fourth-order valence-electron chi connectivity index (χ4n) is 2.62. The number of nitrogens with one attached hydrogen (secondary N) is 1. The number of benzene rings is 2. The molecule has 2 atom stereocenters. The topological polar surface area (TPSA) is 125 Å². The molecule has 1 aliphatic rings. The molecule has 0 aliphatic carbocycles. The number of hydrogen-bond acceptors (Lipinski definition) is 6. The largest absolute Gasteiger partial charge is 0.478 e. The Morgan fingerprint density at radius 3 is 2.57 bits per heavy atom. The van der Waals surface area contributed by atoms with Crippen molar-refractivity contribution in [2.75, 3.05) is 5.32 Å². The fourth-order valence-corrected chi connectivity index (χ4v) is 3.33. The number of primary sulfonamides is 1. The quantitative estimate of drug-likeness (QED) is 0.706. The number of sulfonamides is 1. The molecule has 2 aromatic carbocycles. The third kappa shape index (κ3) is 4.61. The van der Waals surface area contributed by atoms with Crippen molar-refractivity contribution in [1.29, 1.82) is 0 Å². The highest BCUT2D eigenvalue weighted by Gasteiger charge is 2.32. The zero-order chi connectivity index (χ0) is 20.5. The summed E-state index contributed by atoms with van der Waals surface area (Å²) in [6, 6.07) is 10.3. The number of rotatable bonds is 5. The molecule has 0 saturated carbocycles. The standard InChI is InChI=1S/C18H17ClN2O6S/c1-10(17(22)21-13-3-5-14(6-4-13)28(20,24)25)26-18(23)16-9-11-8-12(19)2-7-15(11)27-16/h2-8,10,16H,9H2,1H3,(H,21,22)(H2,20,24,25)/t10-,16-/m1/s1. The van der Waals surface area contributed by atoms with Gasteiger partial charge in [0.05, 0.1) is 4.90 Å². The molecular weight excluding hydrogens is 408 g/mol. The number of halogens is 1. The third-order valence-corrected chi connectivity index (χ3v) is 5.24. The van der Waals surface area contributed by atoms with Gasteiger partial charge in [0.15, 0.2) is 12.2 Å². The van der Waals surface area contributed by atoms with E-state index in [-0.39, 0.29) is 4.90 Å². The maximum atomic E-state index is 12.3. The van der Waals surface area contributed by atoms with Crippen LogP contribution < -0.4 is 15.2 Å². The lowest BCUT2D eigenvalue weighted by Crippen LogP contribution is -2.35. The number of anilines is 1. The summed E-state index contributed by atoms with van der Waals surface area (Å²) in [5, 5.41) is 8.09. The molecule has 1 heterocycles. The molecule has 148 valence electrons. The van der Waals surface area contributed by atoms with Crippen molar-refractivity contribution in [2.45, 2.75) is 30.4 Å². The molecule has 28 heavy (non-hydrogen) atoms. The first-order valence-corrected chi connectivity index (χ1v) is 10.2. The zero-order valence-corrected chi connectivity index (χ0v) is 16.3. The predicted octanol–water partition coefficient (Wildman–Crippen LogP) is 1.86. The number of fused-ring (bicyclic) bond motifs is 1. The Morgan fingerprint density at radius 2 is 1.93 bits per heavy atom. The van der Waals surface area contributed by atoms with Crippen molar-refractivity contribution >= 4 is 39.2 Å². The second-order valence-electron chi connectivity index (χ2n) is 6.20. The van der Waals surface area contributed by atoms with Crippen LogP contribution in [0.25, 0.3) is 0 Å². The van der Waals surface area contributed by atoms with Gasteiger partial charge in [0.25, 0.3) is 5.91 Å². The second-order valence-corrected chi connectivity index (χ2v) is 8.20. The average molecular weight is 425 g/mol. The van der Waals surface area contributed by atoms with Gasteiger partial charge in [-0.2, -0.15) is 0 Å². The van der Waals surface area contributed by atoms with Crippen LogP contribution in [0.2, 0.25) is 5.02 Å². The van der Waals surface area contributed by atoms with Gasteiger partial charge in [-0.15, -0.1) is 0 Å². The first kappa shape index (κ1) is 20.1. The Bertz CT molecular complexity index is 1020. The van der Waals surface area contributed by atoms with Gasteiger partial charge in [0, 0.05) is 17.1 Å². The van der Waals surface area contributed by atoms with E-state index in [2.05, 4.69) is 5.32 Å². The van der Waals surface area contributed by atoms with Gasteiger partial charge in [-0.25, -0.2) is 18.4 Å². The number of ether oxygens (including phenoxy) is 2. The van der Waals surface area contributed by atoms with Gasteiger partial charge in [-0.1, -0.05) is 11.6 Å². The summed E-state index contributed by atoms with van der Waals surface area (Å²) in [7, 11) is -3.82. The molecule has 0 unspecified atom stereocenters. The summed E-state index contributed by atoms with van der Waals surface area (Å²) >= 11 is 5.92. The Labute approximate surface area is 166 Å². The summed E-state index contributed by atoms with van der Waals surface area (Å²) in [5.41, 5.74) is 1.13. The summed E-state index contributed by atoms with van der Waals surface area (Å²) < 4.78 is 33.2. The minimum atomic E-state index is -3.82. The Hall–Kier alpha value is -2.62. The van der Waals surface area contributed by atoms with Crippen LogP contribution in [0, 0.1) is 0 Å². The molecule has 1 amide bonds. The number of carbonyl (C=O) groups excluding carboxylic acids is 2. The highest BCUT2D eigenvalue weighted by Crippen LogP contribution is 2.31. The predicted molar refractivity (Wildman–Crippen MR) is 102 cm³/mol. The van der Waals surface area contributed by atoms with Gasteiger partial charge in [0.1, 0.15) is 5.75 Å². The maximum Gasteiger partial charge on any atom is 0.348 e. The van der Waals surface area contributed by atoms with E-state index in [1.807, 2.05) is 0 Å². The Kier molecular flexibility index (Phi) is 5.59. The molecule has 3 rings (SSSR count). The molecule has 3 N–H and O–H groups in total. The third-order valence-electron chi connectivity index (χ3n) is 4.07. The van der Waals surface area contributed by atoms with E-state index in [1.54, 1.807) is 18.2 Å². The number of esters is 1. The van der Waals surface area contributed by atoms with E-state index < -0.39 is 34.1 Å². The smallest absolute Gasteiger partial charge is 0.348 e. The summed E-state index contributed by atoms with van der Waals surface area (Å²) in [5.74, 6) is -0.687. The van der Waals surface area contributed by atoms with Crippen molar-refractivity contribution in [3.05, 3.63) is 53.1 Å². The highest BCUT2D eigenvalue weighted by atomic mass is 35.5. The van der Waals surface area contributed by atoms with Crippen molar-refractivity contribution in [1.82, 2.24) is 0 Å². The monoisotopic (exact) mass is 424 g/mol. The van der Waals surface area contributed by atoms with Crippen molar-refractivity contribution in [3.8, 4) is 5.75 Å². The first-order valence-electron chi connectivity index (χ1n) is 8.23. The highest BCUT2D eigenvalue weighted by molar-refractivity contribution is 7.89. The number of carbonyl (C=O) groups is 2. The Morgan fingerprint density at radius 1 is 1.25 bits per heavy atom. The molecule has 0 spiro atoms. The molecule has 0 aromatic heterocycles. The number of hydrogen-bond donors (Lipinski definition) is 2. The minimum Gasteiger partial charge on any atom is -0.478 e. The van der Waals surface area contributed by atoms with Crippen molar-refractivity contribution < 1.29 is 27.5 Å². The maximum absolute atomic E-state index is 12.3. The van der Waals surface area contributed by atoms with E-state index >= 15 is 0 Å². The van der Waals surface area contributed by atoms with Gasteiger partial charge in [-0.3, -0.25) is 4.79 Å². The van der Waals surface area contributed by atoms with E-state index in [0.717, 1.165) is 5.56 Å². The first-order chi connectivity index (χ1) is 13.1. The van der Waals surface area contributed by atoms with Crippen LogP contribution in [0.15, 0.2) is 47.4 Å². The van der Waals surface area contributed by atoms with E-state index in [1.165, 1.54) is 31.2 Å². The lowest BCUT2D eigenvalue weighted by atomic mass is 10.1. The molecule has 2 aromatic rings. The number of nitrogens with two attached hydrogens (primary N) is 1. The Balaban J connectivity index is 1.56. The summed E-state index contributed by atoms with van der Waals surface area (Å²) in [6.45, 7) is 1.42. The molecule has 0 fully saturated rings. The van der Waals surface area contributed by atoms with Crippen LogP contribution in [-0.4, -0.2) is 32.5 Å². The van der Waals surface area contributed by atoms with Crippen LogP contribution in [0.4, 0.5) is 5.69 Å². The molecule has 10 heteroatoms. The summed E-state index contributed by atoms with van der Waals surface area (Å²) in [6.07, 6.45) is -1.63. The SMILES string of the molecule is C[C@@H](OC(=O)[C@H]1Cc2cc(Cl)ccc2O1)C(=O)Nc1ccc(S(N)(=O)=O)cc1. The minimum absolute atomic E-state index is 0.0805. The average Bonchev–Trinajstić information content (AvgIpc) is 3.04. The molecule has 0 radical (unpaired) electrons. The lowest BCUT2D eigenvalue weighted by molar-refractivity contribution is -0.159. The van der Waals surface area contributed by atoms with Crippen LogP contribution in [-0.2, 0) is 30.8 Å². The zero-order valence-electron chi connectivity index (χ0n) is 14.7. The van der Waals surface area contributed by atoms with Crippen LogP contribution in [0.5, 0.6) is 5.75 Å². The summed E-state index contributed by atoms with van der Waals surface area (Å²) in [4.78, 5) is 24.4. The van der Waals surface area contributed by atoms with Crippen molar-refractivity contribution in [3.63, 3.8) is 0 Å². The van der Waals surface area contributed by atoms with E-state index in [4.69, 9.17) is 26.2 Å². The molecule has 0 bridgehead atoms. The van der Waals surface area contributed by atoms with E-state index in [0.29, 0.717) is 22.9 Å². The van der Waals surface area contributed by atoms with Gasteiger partial charge in [0.2, 0.25) is 10.0 Å². The van der Waals surface area contributed by atoms with E-state index in [9.17, 15) is 18.0 Å². The fraction of sp³-hybridized carbons (Fsp3) is 0.222. The number of amides is 1.